The molecule has 4 nitrogen and oxygen atoms in total. The molecular formula is C14H10O4. The number of carbonyl (C=O) groups is 3. The SMILES string of the molecule is C=C(C)C(=O)Oc1cccc2c1C(=O)C=CC2=O. The van der Waals surface area contributed by atoms with Crippen molar-refractivity contribution in [2.24, 2.45) is 0 Å². The summed E-state index contributed by atoms with van der Waals surface area (Å²) in [7, 11) is 0. The summed E-state index contributed by atoms with van der Waals surface area (Å²) in [6.07, 6.45) is 2.37. The number of esters is 1. The number of hydrogen-bond donors (Lipinski definition) is 0. The Kier molecular flexibility index (Phi) is 2.93. The Morgan fingerprint density at radius 3 is 2.50 bits per heavy atom. The third kappa shape index (κ3) is 2.00. The van der Waals surface area contributed by atoms with Crippen molar-refractivity contribution in [3.8, 4) is 5.75 Å². The van der Waals surface area contributed by atoms with E-state index >= 15 is 0 Å². The van der Waals surface area contributed by atoms with Crippen LogP contribution in [0.1, 0.15) is 27.6 Å². The molecule has 1 aromatic rings. The van der Waals surface area contributed by atoms with Crippen molar-refractivity contribution in [1.29, 1.82) is 0 Å². The summed E-state index contributed by atoms with van der Waals surface area (Å²) >= 11 is 0. The van der Waals surface area contributed by atoms with Gasteiger partial charge in [-0.1, -0.05) is 18.7 Å². The van der Waals surface area contributed by atoms with E-state index in [1.165, 1.54) is 31.2 Å². The maximum absolute atomic E-state index is 11.8. The summed E-state index contributed by atoms with van der Waals surface area (Å²) < 4.78 is 5.05. The first-order chi connectivity index (χ1) is 8.50. The predicted molar refractivity (Wildman–Crippen MR) is 64.7 cm³/mol. The molecule has 0 fully saturated rings. The normalized spacial score (nSPS) is 13.2. The minimum atomic E-state index is -0.627. The van der Waals surface area contributed by atoms with Crippen molar-refractivity contribution >= 4 is 17.5 Å². The lowest BCUT2D eigenvalue weighted by atomic mass is 9.94. The first-order valence-corrected chi connectivity index (χ1v) is 5.28. The van der Waals surface area contributed by atoms with Gasteiger partial charge in [0.15, 0.2) is 11.6 Å². The standard InChI is InChI=1S/C14H10O4/c1-8(2)14(17)18-12-5-3-4-9-10(15)6-7-11(16)13(9)12/h3-7H,1H2,2H3. The highest BCUT2D eigenvalue weighted by Gasteiger charge is 2.24. The van der Waals surface area contributed by atoms with E-state index < -0.39 is 5.97 Å². The Bertz CT molecular complexity index is 608. The lowest BCUT2D eigenvalue weighted by Crippen LogP contribution is -2.16. The van der Waals surface area contributed by atoms with Crippen molar-refractivity contribution < 1.29 is 19.1 Å². The molecule has 1 aliphatic carbocycles. The number of rotatable bonds is 2. The highest BCUT2D eigenvalue weighted by molar-refractivity contribution is 6.23. The number of ether oxygens (including phenoxy) is 1. The Morgan fingerprint density at radius 1 is 1.17 bits per heavy atom. The van der Waals surface area contributed by atoms with Gasteiger partial charge >= 0.3 is 5.97 Å². The molecule has 0 aliphatic heterocycles. The Hall–Kier alpha value is -2.49. The van der Waals surface area contributed by atoms with Gasteiger partial charge in [-0.15, -0.1) is 0 Å². The van der Waals surface area contributed by atoms with E-state index in [4.69, 9.17) is 4.74 Å². The highest BCUT2D eigenvalue weighted by Crippen LogP contribution is 2.27. The summed E-state index contributed by atoms with van der Waals surface area (Å²) in [4.78, 5) is 34.8. The molecule has 1 aliphatic rings. The van der Waals surface area contributed by atoms with Gasteiger partial charge in [-0.3, -0.25) is 9.59 Å². The number of allylic oxidation sites excluding steroid dienone is 2. The molecule has 0 bridgehead atoms. The summed E-state index contributed by atoms with van der Waals surface area (Å²) in [5, 5.41) is 0. The molecular weight excluding hydrogens is 232 g/mol. The maximum atomic E-state index is 11.8. The summed E-state index contributed by atoms with van der Waals surface area (Å²) in [6, 6.07) is 4.56. The first kappa shape index (κ1) is 12.0. The highest BCUT2D eigenvalue weighted by atomic mass is 16.5. The molecule has 0 radical (unpaired) electrons. The third-order valence-electron chi connectivity index (χ3n) is 2.48. The smallest absolute Gasteiger partial charge is 0.338 e. The van der Waals surface area contributed by atoms with Crippen LogP contribution >= 0.6 is 0 Å². The van der Waals surface area contributed by atoms with Crippen LogP contribution in [0.25, 0.3) is 0 Å². The average Bonchev–Trinajstić information content (AvgIpc) is 2.34. The predicted octanol–water partition coefficient (Wildman–Crippen LogP) is 2.10. The molecule has 1 aromatic carbocycles. The minimum absolute atomic E-state index is 0.0863. The molecule has 4 heteroatoms. The van der Waals surface area contributed by atoms with Gasteiger partial charge in [0.2, 0.25) is 0 Å². The van der Waals surface area contributed by atoms with Crippen LogP contribution in [-0.2, 0) is 4.79 Å². The molecule has 90 valence electrons. The molecule has 0 saturated heterocycles. The van der Waals surface area contributed by atoms with Gasteiger partial charge < -0.3 is 4.74 Å². The van der Waals surface area contributed by atoms with E-state index in [0.717, 1.165) is 0 Å². The third-order valence-corrected chi connectivity index (χ3v) is 2.48. The number of hydrogen-bond acceptors (Lipinski definition) is 4. The monoisotopic (exact) mass is 242 g/mol. The molecule has 2 rings (SSSR count). The molecule has 0 amide bonds. The van der Waals surface area contributed by atoms with Crippen LogP contribution < -0.4 is 4.74 Å². The molecule has 0 unspecified atom stereocenters. The Morgan fingerprint density at radius 2 is 1.83 bits per heavy atom. The van der Waals surface area contributed by atoms with Crippen molar-refractivity contribution in [2.45, 2.75) is 6.92 Å². The largest absolute Gasteiger partial charge is 0.422 e. The zero-order valence-corrected chi connectivity index (χ0v) is 9.73. The van der Waals surface area contributed by atoms with Crippen molar-refractivity contribution in [3.05, 3.63) is 53.6 Å². The van der Waals surface area contributed by atoms with Crippen LogP contribution in [-0.4, -0.2) is 17.5 Å². The van der Waals surface area contributed by atoms with Gasteiger partial charge in [0.1, 0.15) is 5.75 Å². The Balaban J connectivity index is 2.49. The van der Waals surface area contributed by atoms with E-state index in [0.29, 0.717) is 0 Å². The second kappa shape index (κ2) is 4.41. The second-order valence-corrected chi connectivity index (χ2v) is 3.91. The van der Waals surface area contributed by atoms with Gasteiger partial charge in [0.05, 0.1) is 5.56 Å². The zero-order valence-electron chi connectivity index (χ0n) is 9.73. The van der Waals surface area contributed by atoms with Crippen molar-refractivity contribution in [1.82, 2.24) is 0 Å². The van der Waals surface area contributed by atoms with E-state index in [1.54, 1.807) is 6.07 Å². The van der Waals surface area contributed by atoms with Gasteiger partial charge in [-0.25, -0.2) is 4.79 Å². The fraction of sp³-hybridized carbons (Fsp3) is 0.0714. The van der Waals surface area contributed by atoms with Crippen LogP contribution in [0.5, 0.6) is 5.75 Å². The first-order valence-electron chi connectivity index (χ1n) is 5.28. The minimum Gasteiger partial charge on any atom is -0.422 e. The number of benzene rings is 1. The van der Waals surface area contributed by atoms with Crippen LogP contribution in [0.3, 0.4) is 0 Å². The van der Waals surface area contributed by atoms with Crippen LogP contribution in [0.4, 0.5) is 0 Å². The zero-order chi connectivity index (χ0) is 13.3. The van der Waals surface area contributed by atoms with Gasteiger partial charge in [0, 0.05) is 11.1 Å². The quantitative estimate of drug-likeness (QED) is 0.452. The van der Waals surface area contributed by atoms with Crippen LogP contribution in [0.15, 0.2) is 42.5 Å². The summed E-state index contributed by atoms with van der Waals surface area (Å²) in [6.45, 7) is 4.96. The van der Waals surface area contributed by atoms with Crippen molar-refractivity contribution in [2.75, 3.05) is 0 Å². The Labute approximate surface area is 104 Å². The summed E-state index contributed by atoms with van der Waals surface area (Å²) in [5.74, 6) is -1.17. The lowest BCUT2D eigenvalue weighted by molar-refractivity contribution is -0.130. The van der Waals surface area contributed by atoms with Gasteiger partial charge in [0.25, 0.3) is 0 Å². The lowest BCUT2D eigenvalue weighted by Gasteiger charge is -2.13. The topological polar surface area (TPSA) is 60.4 Å². The van der Waals surface area contributed by atoms with E-state index in [-0.39, 0.29) is 34.0 Å². The maximum Gasteiger partial charge on any atom is 0.338 e. The molecule has 0 saturated carbocycles. The molecule has 0 atom stereocenters. The fourth-order valence-corrected chi connectivity index (χ4v) is 1.59. The van der Waals surface area contributed by atoms with Crippen LogP contribution in [0.2, 0.25) is 0 Å². The molecule has 0 aromatic heterocycles. The van der Waals surface area contributed by atoms with Crippen LogP contribution in [0, 0.1) is 0 Å². The average molecular weight is 242 g/mol. The van der Waals surface area contributed by atoms with Gasteiger partial charge in [-0.05, 0) is 25.1 Å². The van der Waals surface area contributed by atoms with Gasteiger partial charge in [-0.2, -0.15) is 0 Å². The van der Waals surface area contributed by atoms with E-state index in [2.05, 4.69) is 6.58 Å². The molecule has 0 heterocycles. The molecule has 0 N–H and O–H groups in total. The van der Waals surface area contributed by atoms with E-state index in [9.17, 15) is 14.4 Å². The fourth-order valence-electron chi connectivity index (χ4n) is 1.59. The number of fused-ring (bicyclic) bond motifs is 1. The molecule has 18 heavy (non-hydrogen) atoms. The van der Waals surface area contributed by atoms with Crippen molar-refractivity contribution in [3.63, 3.8) is 0 Å². The number of ketones is 2. The summed E-state index contributed by atoms with van der Waals surface area (Å²) in [5.41, 5.74) is 0.590. The number of carbonyl (C=O) groups excluding carboxylic acids is 3. The van der Waals surface area contributed by atoms with E-state index in [1.807, 2.05) is 0 Å². The molecule has 0 spiro atoms. The second-order valence-electron chi connectivity index (χ2n) is 3.91.